The zero-order chi connectivity index (χ0) is 19.0. The summed E-state index contributed by atoms with van der Waals surface area (Å²) in [7, 11) is 1.62. The van der Waals surface area contributed by atoms with Gasteiger partial charge in [0.15, 0.2) is 5.82 Å². The predicted octanol–water partition coefficient (Wildman–Crippen LogP) is 1.94. The average molecular weight is 392 g/mol. The normalized spacial score (nSPS) is 16.5. The van der Waals surface area contributed by atoms with Crippen molar-refractivity contribution in [2.24, 2.45) is 0 Å². The Bertz CT molecular complexity index is 871. The number of imidazole rings is 1. The van der Waals surface area contributed by atoms with Crippen LogP contribution < -0.4 is 4.90 Å². The van der Waals surface area contributed by atoms with E-state index >= 15 is 0 Å². The third kappa shape index (κ3) is 3.97. The molecular formula is C17H25N7O2S. The van der Waals surface area contributed by atoms with Crippen molar-refractivity contribution in [1.82, 2.24) is 29.6 Å². The highest BCUT2D eigenvalue weighted by molar-refractivity contribution is 7.20. The average Bonchev–Trinajstić information content (AvgIpc) is 3.30. The highest BCUT2D eigenvalue weighted by Crippen LogP contribution is 2.28. The Labute approximate surface area is 161 Å². The Morgan fingerprint density at radius 3 is 2.63 bits per heavy atom. The van der Waals surface area contributed by atoms with Crippen molar-refractivity contribution < 1.29 is 9.26 Å². The van der Waals surface area contributed by atoms with Gasteiger partial charge in [-0.2, -0.15) is 4.98 Å². The molecule has 0 atom stereocenters. The fourth-order valence-corrected chi connectivity index (χ4v) is 3.94. The number of piperazine rings is 1. The van der Waals surface area contributed by atoms with E-state index in [1.165, 1.54) is 0 Å². The van der Waals surface area contributed by atoms with Crippen LogP contribution in [0.15, 0.2) is 10.7 Å². The van der Waals surface area contributed by atoms with Crippen LogP contribution >= 0.6 is 11.3 Å². The maximum atomic E-state index is 5.28. The van der Waals surface area contributed by atoms with E-state index in [0.717, 1.165) is 42.0 Å². The topological polar surface area (TPSA) is 84.8 Å². The van der Waals surface area contributed by atoms with Crippen LogP contribution in [0.25, 0.3) is 4.96 Å². The molecule has 10 heteroatoms. The zero-order valence-corrected chi connectivity index (χ0v) is 17.0. The first-order valence-electron chi connectivity index (χ1n) is 9.07. The van der Waals surface area contributed by atoms with E-state index in [-0.39, 0.29) is 5.41 Å². The Morgan fingerprint density at radius 2 is 1.96 bits per heavy atom. The number of nitrogens with zero attached hydrogens (tertiary/aromatic N) is 7. The molecular weight excluding hydrogens is 366 g/mol. The molecule has 0 N–H and O–H groups in total. The first-order chi connectivity index (χ1) is 12.9. The molecule has 3 aromatic heterocycles. The number of anilines is 1. The van der Waals surface area contributed by atoms with E-state index in [1.54, 1.807) is 18.4 Å². The quantitative estimate of drug-likeness (QED) is 0.652. The van der Waals surface area contributed by atoms with Crippen molar-refractivity contribution in [3.05, 3.63) is 23.6 Å². The molecule has 4 rings (SSSR count). The SMILES string of the molecule is COCc1noc(CN2CCN(c3nn4cc(C(C)(C)C)nc4s3)CC2)n1. The fourth-order valence-electron chi connectivity index (χ4n) is 3.01. The van der Waals surface area contributed by atoms with E-state index in [1.807, 2.05) is 10.7 Å². The number of aromatic nitrogens is 5. The van der Waals surface area contributed by atoms with Crippen molar-refractivity contribution >= 4 is 21.4 Å². The van der Waals surface area contributed by atoms with Crippen LogP contribution in [-0.4, -0.2) is 62.9 Å². The van der Waals surface area contributed by atoms with Gasteiger partial charge >= 0.3 is 0 Å². The van der Waals surface area contributed by atoms with Crippen LogP contribution in [-0.2, 0) is 23.3 Å². The highest BCUT2D eigenvalue weighted by Gasteiger charge is 2.24. The first-order valence-corrected chi connectivity index (χ1v) is 9.88. The molecule has 146 valence electrons. The number of rotatable bonds is 5. The summed E-state index contributed by atoms with van der Waals surface area (Å²) in [5.41, 5.74) is 1.11. The van der Waals surface area contributed by atoms with Crippen LogP contribution in [0.2, 0.25) is 0 Å². The Balaban J connectivity index is 1.35. The van der Waals surface area contributed by atoms with E-state index in [9.17, 15) is 0 Å². The second kappa shape index (κ2) is 7.17. The van der Waals surface area contributed by atoms with Crippen molar-refractivity contribution in [3.8, 4) is 0 Å². The lowest BCUT2D eigenvalue weighted by atomic mass is 9.93. The molecule has 1 aliphatic rings. The molecule has 1 fully saturated rings. The van der Waals surface area contributed by atoms with Crippen molar-refractivity contribution in [2.75, 3.05) is 38.2 Å². The van der Waals surface area contributed by atoms with Crippen molar-refractivity contribution in [1.29, 1.82) is 0 Å². The smallest absolute Gasteiger partial charge is 0.240 e. The lowest BCUT2D eigenvalue weighted by molar-refractivity contribution is 0.174. The van der Waals surface area contributed by atoms with Gasteiger partial charge in [-0.15, -0.1) is 5.10 Å². The molecule has 0 unspecified atom stereocenters. The minimum absolute atomic E-state index is 0.0388. The molecule has 0 aromatic carbocycles. The van der Waals surface area contributed by atoms with E-state index in [4.69, 9.17) is 19.3 Å². The molecule has 0 radical (unpaired) electrons. The van der Waals surface area contributed by atoms with Crippen LogP contribution in [0.4, 0.5) is 5.13 Å². The minimum Gasteiger partial charge on any atom is -0.377 e. The monoisotopic (exact) mass is 391 g/mol. The maximum Gasteiger partial charge on any atom is 0.240 e. The molecule has 4 heterocycles. The second-order valence-corrected chi connectivity index (χ2v) is 8.72. The van der Waals surface area contributed by atoms with Gasteiger partial charge < -0.3 is 14.2 Å². The largest absolute Gasteiger partial charge is 0.377 e. The highest BCUT2D eigenvalue weighted by atomic mass is 32.1. The van der Waals surface area contributed by atoms with Crippen molar-refractivity contribution in [2.45, 2.75) is 39.3 Å². The number of hydrogen-bond donors (Lipinski definition) is 0. The number of methoxy groups -OCH3 is 1. The molecule has 9 nitrogen and oxygen atoms in total. The summed E-state index contributed by atoms with van der Waals surface area (Å²) in [6.07, 6.45) is 2.04. The van der Waals surface area contributed by atoms with E-state index in [0.29, 0.717) is 24.9 Å². The summed E-state index contributed by atoms with van der Waals surface area (Å²) in [6, 6.07) is 0. The summed E-state index contributed by atoms with van der Waals surface area (Å²) in [5, 5.41) is 9.66. The van der Waals surface area contributed by atoms with Crippen LogP contribution in [0.3, 0.4) is 0 Å². The predicted molar refractivity (Wildman–Crippen MR) is 102 cm³/mol. The Morgan fingerprint density at radius 1 is 1.19 bits per heavy atom. The Kier molecular flexibility index (Phi) is 4.87. The molecule has 27 heavy (non-hydrogen) atoms. The first kappa shape index (κ1) is 18.3. The fraction of sp³-hybridized carbons (Fsp3) is 0.647. The van der Waals surface area contributed by atoms with Gasteiger partial charge in [-0.25, -0.2) is 9.50 Å². The van der Waals surface area contributed by atoms with Gasteiger partial charge in [-0.3, -0.25) is 4.90 Å². The van der Waals surface area contributed by atoms with Gasteiger partial charge in [0, 0.05) is 38.7 Å². The van der Waals surface area contributed by atoms with Crippen LogP contribution in [0.1, 0.15) is 38.2 Å². The second-order valence-electron chi connectivity index (χ2n) is 7.79. The van der Waals surface area contributed by atoms with Crippen molar-refractivity contribution in [3.63, 3.8) is 0 Å². The summed E-state index contributed by atoms with van der Waals surface area (Å²) < 4.78 is 12.2. The standard InChI is InChI=1S/C17H25N7O2S/c1-17(2,3)12-9-24-15(18-12)27-16(20-24)23-7-5-22(6-8-23)10-14-19-13(11-25-4)21-26-14/h9H,5-8,10-11H2,1-4H3. The van der Waals surface area contributed by atoms with E-state index in [2.05, 4.69) is 40.7 Å². The van der Waals surface area contributed by atoms with Gasteiger partial charge in [0.2, 0.25) is 16.0 Å². The van der Waals surface area contributed by atoms with Crippen LogP contribution in [0.5, 0.6) is 0 Å². The molecule has 0 bridgehead atoms. The third-order valence-corrected chi connectivity index (χ3v) is 5.57. The van der Waals surface area contributed by atoms with Gasteiger partial charge in [-0.1, -0.05) is 37.3 Å². The molecule has 1 aliphatic heterocycles. The molecule has 1 saturated heterocycles. The number of ether oxygens (including phenoxy) is 1. The molecule has 0 saturated carbocycles. The molecule has 0 spiro atoms. The lowest BCUT2D eigenvalue weighted by Crippen LogP contribution is -2.46. The molecule has 0 amide bonds. The Hall–Kier alpha value is -2.04. The van der Waals surface area contributed by atoms with Crippen LogP contribution in [0, 0.1) is 0 Å². The maximum absolute atomic E-state index is 5.28. The van der Waals surface area contributed by atoms with Gasteiger partial charge in [0.1, 0.15) is 6.61 Å². The van der Waals surface area contributed by atoms with Gasteiger partial charge in [0.25, 0.3) is 0 Å². The van der Waals surface area contributed by atoms with Gasteiger partial charge in [-0.05, 0) is 0 Å². The summed E-state index contributed by atoms with van der Waals surface area (Å²) >= 11 is 1.65. The van der Waals surface area contributed by atoms with Gasteiger partial charge in [0.05, 0.1) is 18.4 Å². The summed E-state index contributed by atoms with van der Waals surface area (Å²) in [4.78, 5) is 14.7. The molecule has 3 aromatic rings. The molecule has 0 aliphatic carbocycles. The number of hydrogen-bond acceptors (Lipinski definition) is 9. The summed E-state index contributed by atoms with van der Waals surface area (Å²) in [5.74, 6) is 1.23. The lowest BCUT2D eigenvalue weighted by Gasteiger charge is -2.33. The van der Waals surface area contributed by atoms with E-state index < -0.39 is 0 Å². The minimum atomic E-state index is 0.0388. The zero-order valence-electron chi connectivity index (χ0n) is 16.2. The summed E-state index contributed by atoms with van der Waals surface area (Å²) in [6.45, 7) is 11.2. The third-order valence-electron chi connectivity index (χ3n) is 4.59. The number of fused-ring (bicyclic) bond motifs is 1.